The van der Waals surface area contributed by atoms with Crippen LogP contribution in [0.5, 0.6) is 0 Å². The molecule has 3 rings (SSSR count). The van der Waals surface area contributed by atoms with Gasteiger partial charge in [0, 0.05) is 26.7 Å². The van der Waals surface area contributed by atoms with E-state index in [1.807, 2.05) is 18.2 Å². The molecule has 0 saturated carbocycles. The van der Waals surface area contributed by atoms with Gasteiger partial charge in [-0.25, -0.2) is 4.79 Å². The highest BCUT2D eigenvalue weighted by molar-refractivity contribution is 6.00. The lowest BCUT2D eigenvalue weighted by Gasteiger charge is -2.21. The van der Waals surface area contributed by atoms with Crippen molar-refractivity contribution in [2.45, 2.75) is 51.0 Å². The first-order valence-electron chi connectivity index (χ1n) is 10.3. The van der Waals surface area contributed by atoms with Crippen molar-refractivity contribution in [3.8, 4) is 0 Å². The summed E-state index contributed by atoms with van der Waals surface area (Å²) < 4.78 is 8.76. The van der Waals surface area contributed by atoms with Crippen molar-refractivity contribution in [3.05, 3.63) is 34.2 Å². The number of nitrogens with one attached hydrogen (secondary N) is 1. The Balaban J connectivity index is 1.72. The molecular weight excluding hydrogens is 372 g/mol. The van der Waals surface area contributed by atoms with Crippen LogP contribution >= 0.6 is 0 Å². The number of piperidine rings is 1. The summed E-state index contributed by atoms with van der Waals surface area (Å²) in [5, 5.41) is 2.34. The van der Waals surface area contributed by atoms with E-state index in [0.717, 1.165) is 61.9 Å². The largest absolute Gasteiger partial charge is 0.381 e. The molecule has 1 unspecified atom stereocenters. The molecule has 2 aromatic rings. The van der Waals surface area contributed by atoms with E-state index in [1.54, 1.807) is 11.6 Å². The summed E-state index contributed by atoms with van der Waals surface area (Å²) in [7, 11) is 1.73. The van der Waals surface area contributed by atoms with Crippen LogP contribution in [0.3, 0.4) is 0 Å². The molecule has 1 aromatic carbocycles. The minimum Gasteiger partial charge on any atom is -0.381 e. The molecular formula is C21H30N4O4. The molecule has 1 aliphatic rings. The summed E-state index contributed by atoms with van der Waals surface area (Å²) in [5.41, 5.74) is 7.91. The monoisotopic (exact) mass is 402 g/mol. The van der Waals surface area contributed by atoms with Crippen LogP contribution in [-0.4, -0.2) is 40.7 Å². The molecule has 1 aliphatic heterocycles. The summed E-state index contributed by atoms with van der Waals surface area (Å²) in [6.45, 7) is 2.16. The smallest absolute Gasteiger partial charge is 0.329 e. The van der Waals surface area contributed by atoms with E-state index in [2.05, 4.69) is 5.32 Å². The number of imidazole rings is 1. The van der Waals surface area contributed by atoms with E-state index in [1.165, 1.54) is 4.57 Å². The fourth-order valence-corrected chi connectivity index (χ4v) is 3.92. The van der Waals surface area contributed by atoms with Crippen LogP contribution < -0.4 is 16.7 Å². The molecule has 0 aliphatic carbocycles. The van der Waals surface area contributed by atoms with Crippen LogP contribution in [0.2, 0.25) is 0 Å². The minimum atomic E-state index is -0.652. The van der Waals surface area contributed by atoms with Crippen LogP contribution in [0, 0.1) is 0 Å². The molecule has 1 fully saturated rings. The number of benzene rings is 1. The van der Waals surface area contributed by atoms with Gasteiger partial charge in [-0.1, -0.05) is 12.1 Å². The lowest BCUT2D eigenvalue weighted by molar-refractivity contribution is -0.135. The molecule has 8 nitrogen and oxygen atoms in total. The Bertz CT molecular complexity index is 931. The van der Waals surface area contributed by atoms with Crippen molar-refractivity contribution < 1.29 is 14.3 Å². The molecule has 0 bridgehead atoms. The second-order valence-corrected chi connectivity index (χ2v) is 7.53. The summed E-state index contributed by atoms with van der Waals surface area (Å²) in [6, 6.07) is 5.16. The average molecular weight is 402 g/mol. The Hall–Kier alpha value is -2.45. The molecule has 1 aromatic heterocycles. The summed E-state index contributed by atoms with van der Waals surface area (Å²) >= 11 is 0. The predicted octanol–water partition coefficient (Wildman–Crippen LogP) is 1.40. The number of nitrogens with zero attached hydrogens (tertiary/aromatic N) is 2. The van der Waals surface area contributed by atoms with Gasteiger partial charge in [0.25, 0.3) is 0 Å². The van der Waals surface area contributed by atoms with Crippen LogP contribution in [0.25, 0.3) is 11.0 Å². The fraction of sp³-hybridized carbons (Fsp3) is 0.571. The Morgan fingerprint density at radius 2 is 1.90 bits per heavy atom. The number of para-hydroxylation sites is 1. The Kier molecular flexibility index (Phi) is 7.22. The van der Waals surface area contributed by atoms with E-state index in [-0.39, 0.29) is 18.0 Å². The highest BCUT2D eigenvalue weighted by Gasteiger charge is 2.31. The Labute approximate surface area is 170 Å². The number of rotatable bonds is 10. The van der Waals surface area contributed by atoms with Crippen molar-refractivity contribution in [2.75, 3.05) is 19.8 Å². The highest BCUT2D eigenvalue weighted by atomic mass is 16.5. The van der Waals surface area contributed by atoms with Gasteiger partial charge in [0.05, 0.1) is 11.0 Å². The van der Waals surface area contributed by atoms with Gasteiger partial charge in [0.1, 0.15) is 6.04 Å². The summed E-state index contributed by atoms with van der Waals surface area (Å²) in [4.78, 5) is 36.7. The summed E-state index contributed by atoms with van der Waals surface area (Å²) in [6.07, 6.45) is 5.29. The molecule has 0 spiro atoms. The molecule has 0 radical (unpaired) electrons. The second-order valence-electron chi connectivity index (χ2n) is 7.53. The number of aryl methyl sites for hydroxylation is 2. The zero-order valence-corrected chi connectivity index (χ0v) is 17.0. The number of unbranched alkanes of at least 4 members (excludes halogenated alkanes) is 2. The third-order valence-corrected chi connectivity index (χ3v) is 5.44. The number of aromatic nitrogens is 2. The van der Waals surface area contributed by atoms with Crippen LogP contribution in [-0.2, 0) is 27.8 Å². The Morgan fingerprint density at radius 1 is 1.14 bits per heavy atom. The number of hydrogen-bond acceptors (Lipinski definition) is 5. The maximum absolute atomic E-state index is 12.9. The minimum absolute atomic E-state index is 0.231. The lowest BCUT2D eigenvalue weighted by Crippen LogP contribution is -2.44. The quantitative estimate of drug-likeness (QED) is 0.461. The van der Waals surface area contributed by atoms with Gasteiger partial charge in [0.2, 0.25) is 11.8 Å². The first kappa shape index (κ1) is 21.3. The van der Waals surface area contributed by atoms with Gasteiger partial charge < -0.3 is 10.5 Å². The number of carbonyl (C=O) groups is 2. The average Bonchev–Trinajstić information content (AvgIpc) is 2.95. The number of imide groups is 1. The third-order valence-electron chi connectivity index (χ3n) is 5.44. The van der Waals surface area contributed by atoms with Gasteiger partial charge in [-0.15, -0.1) is 0 Å². The maximum atomic E-state index is 12.9. The topological polar surface area (TPSA) is 108 Å². The van der Waals surface area contributed by atoms with Crippen LogP contribution in [0.15, 0.2) is 23.0 Å². The zero-order chi connectivity index (χ0) is 20.8. The van der Waals surface area contributed by atoms with Gasteiger partial charge in [-0.05, 0) is 56.7 Å². The molecule has 3 N–H and O–H groups in total. The predicted molar refractivity (Wildman–Crippen MR) is 111 cm³/mol. The normalized spacial score (nSPS) is 17.1. The van der Waals surface area contributed by atoms with Crippen molar-refractivity contribution in [3.63, 3.8) is 0 Å². The fourth-order valence-electron chi connectivity index (χ4n) is 3.92. The second kappa shape index (κ2) is 9.84. The maximum Gasteiger partial charge on any atom is 0.329 e. The van der Waals surface area contributed by atoms with Gasteiger partial charge >= 0.3 is 5.69 Å². The van der Waals surface area contributed by atoms with Crippen molar-refractivity contribution in [1.29, 1.82) is 0 Å². The lowest BCUT2D eigenvalue weighted by atomic mass is 10.0. The molecule has 1 atom stereocenters. The van der Waals surface area contributed by atoms with E-state index in [9.17, 15) is 14.4 Å². The number of carbonyl (C=O) groups excluding carboxylic acids is 2. The standard InChI is InChI=1S/C21H30N4O4/c1-24-19-15(7-2-4-13-29-14-5-3-12-22)8-6-9-16(19)25(21(24)28)17-10-11-18(26)23-20(17)27/h6,8-9,17H,2-5,7,10-14,22H2,1H3,(H,23,26,27). The Morgan fingerprint density at radius 3 is 2.62 bits per heavy atom. The van der Waals surface area contributed by atoms with Crippen LogP contribution in [0.1, 0.15) is 50.1 Å². The molecule has 8 heteroatoms. The SMILES string of the molecule is Cn1c(=O)n(C2CCC(=O)NC2=O)c2cccc(CCCCOCCCCN)c21. The molecule has 2 amide bonds. The molecule has 1 saturated heterocycles. The van der Waals surface area contributed by atoms with E-state index < -0.39 is 11.9 Å². The molecule has 2 heterocycles. The van der Waals surface area contributed by atoms with Crippen molar-refractivity contribution in [1.82, 2.24) is 14.5 Å². The third kappa shape index (κ3) is 4.76. The van der Waals surface area contributed by atoms with Gasteiger partial charge in [-0.3, -0.25) is 24.0 Å². The number of amides is 2. The summed E-state index contributed by atoms with van der Waals surface area (Å²) in [5.74, 6) is -0.696. The van der Waals surface area contributed by atoms with E-state index in [4.69, 9.17) is 10.5 Å². The first-order chi connectivity index (χ1) is 14.0. The molecule has 158 valence electrons. The molecule has 29 heavy (non-hydrogen) atoms. The van der Waals surface area contributed by atoms with E-state index in [0.29, 0.717) is 13.0 Å². The van der Waals surface area contributed by atoms with Crippen molar-refractivity contribution >= 4 is 22.8 Å². The van der Waals surface area contributed by atoms with Crippen LogP contribution in [0.4, 0.5) is 0 Å². The number of hydrogen-bond donors (Lipinski definition) is 2. The van der Waals surface area contributed by atoms with Crippen molar-refractivity contribution in [2.24, 2.45) is 12.8 Å². The van der Waals surface area contributed by atoms with E-state index >= 15 is 0 Å². The van der Waals surface area contributed by atoms with Gasteiger partial charge in [-0.2, -0.15) is 0 Å². The number of ether oxygens (including phenoxy) is 1. The highest BCUT2D eigenvalue weighted by Crippen LogP contribution is 2.25. The van der Waals surface area contributed by atoms with Gasteiger partial charge in [0.15, 0.2) is 0 Å². The number of fused-ring (bicyclic) bond motifs is 1. The zero-order valence-electron chi connectivity index (χ0n) is 17.0. The first-order valence-corrected chi connectivity index (χ1v) is 10.3. The number of nitrogens with two attached hydrogens (primary N) is 1.